The van der Waals surface area contributed by atoms with E-state index in [-0.39, 0.29) is 11.9 Å². The van der Waals surface area contributed by atoms with Gasteiger partial charge < -0.3 is 10.5 Å². The number of benzene rings is 1. The molecule has 4 heteroatoms. The van der Waals surface area contributed by atoms with Gasteiger partial charge in [-0.1, -0.05) is 6.07 Å². The van der Waals surface area contributed by atoms with Crippen LogP contribution in [0.1, 0.15) is 24.1 Å². The van der Waals surface area contributed by atoms with Crippen molar-refractivity contribution in [1.29, 1.82) is 0 Å². The van der Waals surface area contributed by atoms with Gasteiger partial charge in [-0.2, -0.15) is 0 Å². The van der Waals surface area contributed by atoms with Crippen LogP contribution < -0.4 is 10.5 Å². The van der Waals surface area contributed by atoms with Crippen molar-refractivity contribution in [2.45, 2.75) is 19.9 Å². The van der Waals surface area contributed by atoms with E-state index in [4.69, 9.17) is 10.5 Å². The van der Waals surface area contributed by atoms with E-state index < -0.39 is 0 Å². The summed E-state index contributed by atoms with van der Waals surface area (Å²) in [6.45, 7) is 3.68. The fourth-order valence-electron chi connectivity index (χ4n) is 1.56. The van der Waals surface area contributed by atoms with Gasteiger partial charge in [-0.25, -0.2) is 9.37 Å². The van der Waals surface area contributed by atoms with Crippen LogP contribution in [0.15, 0.2) is 36.5 Å². The molecule has 1 heterocycles. The average Bonchev–Trinajstić information content (AvgIpc) is 2.33. The fourth-order valence-corrected chi connectivity index (χ4v) is 1.56. The van der Waals surface area contributed by atoms with Crippen LogP contribution in [0.2, 0.25) is 0 Å². The predicted octanol–water partition coefficient (Wildman–Crippen LogP) is 3.34. The number of pyridine rings is 1. The van der Waals surface area contributed by atoms with E-state index in [1.165, 1.54) is 12.1 Å². The van der Waals surface area contributed by atoms with Gasteiger partial charge in [-0.05, 0) is 43.2 Å². The van der Waals surface area contributed by atoms with Crippen LogP contribution in [-0.4, -0.2) is 4.98 Å². The molecular weight excluding hydrogens is 231 g/mol. The molecule has 1 aromatic heterocycles. The topological polar surface area (TPSA) is 48.1 Å². The maximum absolute atomic E-state index is 12.9. The first-order valence-electron chi connectivity index (χ1n) is 5.72. The van der Waals surface area contributed by atoms with E-state index in [0.29, 0.717) is 11.6 Å². The number of aryl methyl sites for hydroxylation is 1. The van der Waals surface area contributed by atoms with Crippen molar-refractivity contribution in [2.24, 2.45) is 5.73 Å². The quantitative estimate of drug-likeness (QED) is 0.903. The van der Waals surface area contributed by atoms with Crippen LogP contribution in [0.3, 0.4) is 0 Å². The molecule has 0 saturated heterocycles. The Bertz CT molecular complexity index is 538. The van der Waals surface area contributed by atoms with Crippen LogP contribution in [0.4, 0.5) is 4.39 Å². The van der Waals surface area contributed by atoms with Crippen LogP contribution in [0.25, 0.3) is 0 Å². The molecule has 0 radical (unpaired) electrons. The lowest BCUT2D eigenvalue weighted by Gasteiger charge is -2.09. The average molecular weight is 246 g/mol. The summed E-state index contributed by atoms with van der Waals surface area (Å²) in [6, 6.07) is 7.93. The molecule has 0 saturated carbocycles. The Kier molecular flexibility index (Phi) is 3.58. The van der Waals surface area contributed by atoms with Crippen molar-refractivity contribution in [3.05, 3.63) is 53.5 Å². The first-order valence-corrected chi connectivity index (χ1v) is 5.72. The lowest BCUT2D eigenvalue weighted by atomic mass is 10.2. The lowest BCUT2D eigenvalue weighted by Crippen LogP contribution is -2.05. The molecule has 0 spiro atoms. The molecule has 0 unspecified atom stereocenters. The summed E-state index contributed by atoms with van der Waals surface area (Å²) in [5.74, 6) is 0.784. The largest absolute Gasteiger partial charge is 0.439 e. The summed E-state index contributed by atoms with van der Waals surface area (Å²) >= 11 is 0. The molecule has 2 aromatic rings. The third-order valence-corrected chi connectivity index (χ3v) is 2.64. The van der Waals surface area contributed by atoms with Crippen LogP contribution in [0.5, 0.6) is 11.6 Å². The summed E-state index contributed by atoms with van der Waals surface area (Å²) in [5.41, 5.74) is 7.41. The number of halogens is 1. The number of rotatable bonds is 3. The van der Waals surface area contributed by atoms with Crippen molar-refractivity contribution >= 4 is 0 Å². The molecule has 0 amide bonds. The van der Waals surface area contributed by atoms with Gasteiger partial charge in [0.15, 0.2) is 0 Å². The van der Waals surface area contributed by atoms with Gasteiger partial charge in [-0.15, -0.1) is 0 Å². The molecule has 1 aromatic carbocycles. The second-order valence-corrected chi connectivity index (χ2v) is 4.23. The summed E-state index contributed by atoms with van der Waals surface area (Å²) in [4.78, 5) is 4.16. The van der Waals surface area contributed by atoms with Crippen molar-refractivity contribution < 1.29 is 9.13 Å². The van der Waals surface area contributed by atoms with Crippen molar-refractivity contribution in [3.8, 4) is 11.6 Å². The predicted molar refractivity (Wildman–Crippen MR) is 68.1 cm³/mol. The fraction of sp³-hybridized carbons (Fsp3) is 0.214. The van der Waals surface area contributed by atoms with E-state index in [9.17, 15) is 4.39 Å². The Hall–Kier alpha value is -1.94. The zero-order valence-corrected chi connectivity index (χ0v) is 10.4. The zero-order valence-electron chi connectivity index (χ0n) is 10.4. The van der Waals surface area contributed by atoms with Gasteiger partial charge in [0.05, 0.1) is 0 Å². The first-order chi connectivity index (χ1) is 8.56. The molecule has 1 atom stereocenters. The third kappa shape index (κ3) is 2.84. The Balaban J connectivity index is 2.18. The number of ether oxygens (including phenoxy) is 1. The highest BCUT2D eigenvalue weighted by atomic mass is 19.1. The second kappa shape index (κ2) is 5.14. The molecule has 0 fully saturated rings. The monoisotopic (exact) mass is 246 g/mol. The van der Waals surface area contributed by atoms with Gasteiger partial charge in [0.1, 0.15) is 11.6 Å². The molecule has 0 aliphatic heterocycles. The first kappa shape index (κ1) is 12.5. The Labute approximate surface area is 105 Å². The Morgan fingerprint density at radius 1 is 1.28 bits per heavy atom. The van der Waals surface area contributed by atoms with E-state index >= 15 is 0 Å². The van der Waals surface area contributed by atoms with Crippen LogP contribution >= 0.6 is 0 Å². The Morgan fingerprint density at radius 2 is 2.06 bits per heavy atom. The van der Waals surface area contributed by atoms with E-state index in [2.05, 4.69) is 4.98 Å². The summed E-state index contributed by atoms with van der Waals surface area (Å²) in [5, 5.41) is 0. The molecule has 3 nitrogen and oxygen atoms in total. The SMILES string of the molecule is Cc1cc(F)ccc1Oc1ccc([C@@H](C)N)cn1. The number of nitrogens with two attached hydrogens (primary N) is 1. The highest BCUT2D eigenvalue weighted by molar-refractivity contribution is 5.35. The minimum Gasteiger partial charge on any atom is -0.439 e. The zero-order chi connectivity index (χ0) is 13.1. The molecule has 2 N–H and O–H groups in total. The maximum atomic E-state index is 12.9. The van der Waals surface area contributed by atoms with Crippen LogP contribution in [0, 0.1) is 12.7 Å². The normalized spacial score (nSPS) is 12.2. The third-order valence-electron chi connectivity index (χ3n) is 2.64. The van der Waals surface area contributed by atoms with Crippen molar-refractivity contribution in [3.63, 3.8) is 0 Å². The molecule has 2 rings (SSSR count). The van der Waals surface area contributed by atoms with Gasteiger partial charge in [-0.3, -0.25) is 0 Å². The minimum atomic E-state index is -0.278. The minimum absolute atomic E-state index is 0.0564. The molecule has 0 bridgehead atoms. The van der Waals surface area contributed by atoms with Crippen LogP contribution in [-0.2, 0) is 0 Å². The number of hydrogen-bond acceptors (Lipinski definition) is 3. The lowest BCUT2D eigenvalue weighted by molar-refractivity contribution is 0.457. The molecule has 18 heavy (non-hydrogen) atoms. The van der Waals surface area contributed by atoms with Gasteiger partial charge in [0.25, 0.3) is 0 Å². The van der Waals surface area contributed by atoms with E-state index in [0.717, 1.165) is 11.1 Å². The Morgan fingerprint density at radius 3 is 2.61 bits per heavy atom. The van der Waals surface area contributed by atoms with Gasteiger partial charge >= 0.3 is 0 Å². The number of aromatic nitrogens is 1. The van der Waals surface area contributed by atoms with E-state index in [1.807, 2.05) is 13.0 Å². The second-order valence-electron chi connectivity index (χ2n) is 4.23. The smallest absolute Gasteiger partial charge is 0.219 e. The molecule has 0 aliphatic carbocycles. The molecule has 94 valence electrons. The number of nitrogens with zero attached hydrogens (tertiary/aromatic N) is 1. The number of hydrogen-bond donors (Lipinski definition) is 1. The summed E-state index contributed by atoms with van der Waals surface area (Å²) in [6.07, 6.45) is 1.68. The van der Waals surface area contributed by atoms with Gasteiger partial charge in [0.2, 0.25) is 5.88 Å². The summed E-state index contributed by atoms with van der Waals surface area (Å²) in [7, 11) is 0. The molecule has 0 aliphatic rings. The maximum Gasteiger partial charge on any atom is 0.219 e. The van der Waals surface area contributed by atoms with Gasteiger partial charge in [0, 0.05) is 18.3 Å². The standard InChI is InChI=1S/C14H15FN2O/c1-9-7-12(15)4-5-13(9)18-14-6-3-11(8-17-14)10(2)16/h3-8,10H,16H2,1-2H3/t10-/m1/s1. The van der Waals surface area contributed by atoms with E-state index in [1.54, 1.807) is 25.3 Å². The van der Waals surface area contributed by atoms with Crippen molar-refractivity contribution in [1.82, 2.24) is 4.98 Å². The highest BCUT2D eigenvalue weighted by Gasteiger charge is 2.05. The van der Waals surface area contributed by atoms with Crippen molar-refractivity contribution in [2.75, 3.05) is 0 Å². The molecular formula is C14H15FN2O. The summed E-state index contributed by atoms with van der Waals surface area (Å²) < 4.78 is 18.5. The highest BCUT2D eigenvalue weighted by Crippen LogP contribution is 2.24.